The van der Waals surface area contributed by atoms with Gasteiger partial charge in [0.25, 0.3) is 0 Å². The normalized spacial score (nSPS) is 10.1. The van der Waals surface area contributed by atoms with E-state index in [1.165, 1.54) is 20.0 Å². The van der Waals surface area contributed by atoms with Crippen molar-refractivity contribution in [1.82, 2.24) is 4.98 Å². The molecular weight excluding hydrogens is 216 g/mol. The SMILES string of the molecule is CCCCCNc1ccc(C(=O)OC)c(C)n1. The van der Waals surface area contributed by atoms with E-state index in [1.54, 1.807) is 6.07 Å². The van der Waals surface area contributed by atoms with Crippen LogP contribution in [0.15, 0.2) is 12.1 Å². The highest BCUT2D eigenvalue weighted by molar-refractivity contribution is 5.90. The Bertz CT molecular complexity index is 378. The van der Waals surface area contributed by atoms with Gasteiger partial charge in [-0.2, -0.15) is 0 Å². The number of nitrogens with zero attached hydrogens (tertiary/aromatic N) is 1. The van der Waals surface area contributed by atoms with Crippen molar-refractivity contribution < 1.29 is 9.53 Å². The van der Waals surface area contributed by atoms with Crippen LogP contribution in [0.25, 0.3) is 0 Å². The van der Waals surface area contributed by atoms with Gasteiger partial charge in [0.2, 0.25) is 0 Å². The second kappa shape index (κ2) is 6.89. The van der Waals surface area contributed by atoms with Gasteiger partial charge >= 0.3 is 5.97 Å². The van der Waals surface area contributed by atoms with Crippen LogP contribution in [0, 0.1) is 6.92 Å². The molecule has 17 heavy (non-hydrogen) atoms. The molecule has 0 unspecified atom stereocenters. The Kier molecular flexibility index (Phi) is 5.46. The molecule has 0 amide bonds. The van der Waals surface area contributed by atoms with E-state index in [2.05, 4.69) is 22.0 Å². The number of aryl methyl sites for hydroxylation is 1. The maximum atomic E-state index is 11.4. The minimum Gasteiger partial charge on any atom is -0.465 e. The van der Waals surface area contributed by atoms with Crippen molar-refractivity contribution in [1.29, 1.82) is 0 Å². The number of unbranched alkanes of at least 4 members (excludes halogenated alkanes) is 2. The Labute approximate surface area is 102 Å². The van der Waals surface area contributed by atoms with E-state index in [9.17, 15) is 4.79 Å². The summed E-state index contributed by atoms with van der Waals surface area (Å²) in [7, 11) is 1.37. The number of esters is 1. The number of hydrogen-bond donors (Lipinski definition) is 1. The molecule has 0 saturated heterocycles. The van der Waals surface area contributed by atoms with Crippen molar-refractivity contribution >= 4 is 11.8 Å². The fourth-order valence-electron chi connectivity index (χ4n) is 1.58. The molecule has 0 aliphatic heterocycles. The second-order valence-electron chi connectivity index (χ2n) is 3.95. The zero-order valence-corrected chi connectivity index (χ0v) is 10.7. The maximum Gasteiger partial charge on any atom is 0.339 e. The average Bonchev–Trinajstić information content (AvgIpc) is 2.34. The second-order valence-corrected chi connectivity index (χ2v) is 3.95. The number of methoxy groups -OCH3 is 1. The fraction of sp³-hybridized carbons (Fsp3) is 0.538. The third-order valence-electron chi connectivity index (χ3n) is 2.58. The van der Waals surface area contributed by atoms with Crippen LogP contribution < -0.4 is 5.32 Å². The van der Waals surface area contributed by atoms with Crippen molar-refractivity contribution in [3.8, 4) is 0 Å². The van der Waals surface area contributed by atoms with Gasteiger partial charge in [-0.05, 0) is 25.5 Å². The summed E-state index contributed by atoms with van der Waals surface area (Å²) in [5.41, 5.74) is 1.21. The molecule has 0 atom stereocenters. The molecule has 0 aliphatic carbocycles. The fourth-order valence-corrected chi connectivity index (χ4v) is 1.58. The van der Waals surface area contributed by atoms with Gasteiger partial charge in [-0.1, -0.05) is 19.8 Å². The van der Waals surface area contributed by atoms with Gasteiger partial charge in [0.15, 0.2) is 0 Å². The first kappa shape index (κ1) is 13.5. The van der Waals surface area contributed by atoms with Crippen LogP contribution in [0.1, 0.15) is 42.2 Å². The summed E-state index contributed by atoms with van der Waals surface area (Å²) in [4.78, 5) is 15.7. The lowest BCUT2D eigenvalue weighted by Gasteiger charge is -2.08. The Morgan fingerprint density at radius 2 is 2.18 bits per heavy atom. The average molecular weight is 236 g/mol. The molecule has 1 aromatic heterocycles. The molecule has 94 valence electrons. The third-order valence-corrected chi connectivity index (χ3v) is 2.58. The van der Waals surface area contributed by atoms with Crippen molar-refractivity contribution in [3.63, 3.8) is 0 Å². The molecule has 1 heterocycles. The molecule has 0 aliphatic rings. The van der Waals surface area contributed by atoms with E-state index < -0.39 is 0 Å². The van der Waals surface area contributed by atoms with Crippen molar-refractivity contribution in [2.24, 2.45) is 0 Å². The lowest BCUT2D eigenvalue weighted by atomic mass is 10.2. The molecule has 1 rings (SSSR count). The number of pyridine rings is 1. The van der Waals surface area contributed by atoms with Gasteiger partial charge in [0.1, 0.15) is 5.82 Å². The number of rotatable bonds is 6. The summed E-state index contributed by atoms with van der Waals surface area (Å²) in [6.07, 6.45) is 3.55. The number of anilines is 1. The number of carbonyl (C=O) groups is 1. The molecule has 0 radical (unpaired) electrons. The smallest absolute Gasteiger partial charge is 0.339 e. The highest BCUT2D eigenvalue weighted by Crippen LogP contribution is 2.11. The lowest BCUT2D eigenvalue weighted by molar-refractivity contribution is 0.0599. The molecule has 0 aromatic carbocycles. The first-order chi connectivity index (χ1) is 8.19. The number of carbonyl (C=O) groups excluding carboxylic acids is 1. The summed E-state index contributed by atoms with van der Waals surface area (Å²) in [6.45, 7) is 4.90. The quantitative estimate of drug-likeness (QED) is 0.609. The first-order valence-corrected chi connectivity index (χ1v) is 5.99. The van der Waals surface area contributed by atoms with Gasteiger partial charge in [0.05, 0.1) is 18.4 Å². The summed E-state index contributed by atoms with van der Waals surface area (Å²) >= 11 is 0. The van der Waals surface area contributed by atoms with Crippen molar-refractivity contribution in [3.05, 3.63) is 23.4 Å². The molecular formula is C13H20N2O2. The summed E-state index contributed by atoms with van der Waals surface area (Å²) < 4.78 is 4.67. The molecule has 0 saturated carbocycles. The van der Waals surface area contributed by atoms with Crippen LogP contribution in [0.4, 0.5) is 5.82 Å². The maximum absolute atomic E-state index is 11.4. The van der Waals surface area contributed by atoms with Gasteiger partial charge in [-0.3, -0.25) is 0 Å². The number of ether oxygens (including phenoxy) is 1. The third kappa shape index (κ3) is 4.06. The number of hydrogen-bond acceptors (Lipinski definition) is 4. The van der Waals surface area contributed by atoms with E-state index in [0.717, 1.165) is 18.8 Å². The van der Waals surface area contributed by atoms with E-state index >= 15 is 0 Å². The largest absolute Gasteiger partial charge is 0.465 e. The zero-order chi connectivity index (χ0) is 12.7. The predicted octanol–water partition coefficient (Wildman–Crippen LogP) is 2.78. The molecule has 1 N–H and O–H groups in total. The van der Waals surface area contributed by atoms with E-state index in [4.69, 9.17) is 0 Å². The Morgan fingerprint density at radius 3 is 2.76 bits per heavy atom. The van der Waals surface area contributed by atoms with Gasteiger partial charge in [0, 0.05) is 6.54 Å². The minimum absolute atomic E-state index is 0.340. The molecule has 0 spiro atoms. The van der Waals surface area contributed by atoms with Crippen LogP contribution >= 0.6 is 0 Å². The standard InChI is InChI=1S/C13H20N2O2/c1-4-5-6-9-14-12-8-7-11(10(2)15-12)13(16)17-3/h7-8H,4-6,9H2,1-3H3,(H,14,15). The monoisotopic (exact) mass is 236 g/mol. The lowest BCUT2D eigenvalue weighted by Crippen LogP contribution is -2.08. The molecule has 0 bridgehead atoms. The highest BCUT2D eigenvalue weighted by atomic mass is 16.5. The summed E-state index contributed by atoms with van der Waals surface area (Å²) in [5, 5.41) is 3.24. The van der Waals surface area contributed by atoms with Gasteiger partial charge < -0.3 is 10.1 Å². The van der Waals surface area contributed by atoms with Crippen LogP contribution in [-0.2, 0) is 4.74 Å². The van der Waals surface area contributed by atoms with E-state index in [0.29, 0.717) is 11.3 Å². The molecule has 4 nitrogen and oxygen atoms in total. The van der Waals surface area contributed by atoms with Crippen LogP contribution in [0.2, 0.25) is 0 Å². The van der Waals surface area contributed by atoms with Crippen molar-refractivity contribution in [2.45, 2.75) is 33.1 Å². The molecule has 4 heteroatoms. The highest BCUT2D eigenvalue weighted by Gasteiger charge is 2.10. The summed E-state index contributed by atoms with van der Waals surface area (Å²) in [6, 6.07) is 3.56. The Morgan fingerprint density at radius 1 is 1.41 bits per heavy atom. The van der Waals surface area contributed by atoms with E-state index in [-0.39, 0.29) is 5.97 Å². The Hall–Kier alpha value is -1.58. The molecule has 0 fully saturated rings. The van der Waals surface area contributed by atoms with E-state index in [1.807, 2.05) is 13.0 Å². The van der Waals surface area contributed by atoms with Gasteiger partial charge in [-0.25, -0.2) is 9.78 Å². The predicted molar refractivity (Wildman–Crippen MR) is 68.3 cm³/mol. The number of aromatic nitrogens is 1. The van der Waals surface area contributed by atoms with Gasteiger partial charge in [-0.15, -0.1) is 0 Å². The topological polar surface area (TPSA) is 51.2 Å². The summed E-state index contributed by atoms with van der Waals surface area (Å²) in [5.74, 6) is 0.471. The van der Waals surface area contributed by atoms with Crippen LogP contribution in [0.5, 0.6) is 0 Å². The Balaban J connectivity index is 2.59. The minimum atomic E-state index is -0.340. The number of nitrogens with one attached hydrogen (secondary N) is 1. The van der Waals surface area contributed by atoms with Crippen LogP contribution in [0.3, 0.4) is 0 Å². The zero-order valence-electron chi connectivity index (χ0n) is 10.7. The van der Waals surface area contributed by atoms with Crippen LogP contribution in [-0.4, -0.2) is 24.6 Å². The first-order valence-electron chi connectivity index (χ1n) is 5.99. The van der Waals surface area contributed by atoms with Crippen molar-refractivity contribution in [2.75, 3.05) is 19.0 Å². The molecule has 1 aromatic rings.